The van der Waals surface area contributed by atoms with Crippen molar-refractivity contribution in [2.75, 3.05) is 30.4 Å². The fraction of sp³-hybridized carbons (Fsp3) is 0.267. The number of amides is 1. The molecule has 1 N–H and O–H groups in total. The van der Waals surface area contributed by atoms with Gasteiger partial charge in [-0.25, -0.2) is 4.68 Å². The third kappa shape index (κ3) is 5.91. The zero-order valence-corrected chi connectivity index (χ0v) is 22.7. The molecule has 0 aliphatic heterocycles. The van der Waals surface area contributed by atoms with Crippen LogP contribution in [0.1, 0.15) is 26.3 Å². The predicted octanol–water partition coefficient (Wildman–Crippen LogP) is 6.26. The van der Waals surface area contributed by atoms with Gasteiger partial charge in [0.05, 0.1) is 35.4 Å². The van der Waals surface area contributed by atoms with Crippen molar-refractivity contribution in [1.82, 2.24) is 4.68 Å². The lowest BCUT2D eigenvalue weighted by atomic mass is 10.1. The minimum atomic E-state index is -0.178. The minimum Gasteiger partial charge on any atom is -0.494 e. The highest BCUT2D eigenvalue weighted by atomic mass is 16.5. The molecule has 1 amide bonds. The Kier molecular flexibility index (Phi) is 8.53. The van der Waals surface area contributed by atoms with Crippen LogP contribution in [0.5, 0.6) is 5.75 Å². The van der Waals surface area contributed by atoms with E-state index >= 15 is 0 Å². The summed E-state index contributed by atoms with van der Waals surface area (Å²) in [6, 6.07) is 26.2. The molecule has 8 nitrogen and oxygen atoms in total. The number of benzene rings is 3. The van der Waals surface area contributed by atoms with Crippen molar-refractivity contribution in [3.63, 3.8) is 0 Å². The first kappa shape index (κ1) is 26.6. The number of nitrogens with one attached hydrogen (secondary N) is 1. The molecular weight excluding hydrogens is 476 g/mol. The highest BCUT2D eigenvalue weighted by Crippen LogP contribution is 2.39. The molecule has 0 radical (unpaired) electrons. The second kappa shape index (κ2) is 12.2. The maximum Gasteiger partial charge on any atom is 0.371 e. The summed E-state index contributed by atoms with van der Waals surface area (Å²) < 4.78 is 9.88. The Balaban J connectivity index is 1.82. The van der Waals surface area contributed by atoms with E-state index in [2.05, 4.69) is 67.9 Å². The molecule has 0 fully saturated rings. The molecule has 1 heterocycles. The molecule has 4 rings (SSSR count). The van der Waals surface area contributed by atoms with Crippen LogP contribution in [-0.2, 0) is 18.4 Å². The number of hydrogen-bond donors (Lipinski definition) is 1. The maximum atomic E-state index is 12.0. The van der Waals surface area contributed by atoms with Gasteiger partial charge in [-0.2, -0.15) is 0 Å². The molecule has 38 heavy (non-hydrogen) atoms. The summed E-state index contributed by atoms with van der Waals surface area (Å²) in [5.41, 5.74) is 5.25. The van der Waals surface area contributed by atoms with E-state index in [9.17, 15) is 4.79 Å². The summed E-state index contributed by atoms with van der Waals surface area (Å²) in [6.45, 7) is 7.89. The number of rotatable bonds is 10. The fourth-order valence-electron chi connectivity index (χ4n) is 4.49. The van der Waals surface area contributed by atoms with Crippen molar-refractivity contribution in [3.05, 3.63) is 84.4 Å². The van der Waals surface area contributed by atoms with Gasteiger partial charge in [0.15, 0.2) is 0 Å². The Hall–Kier alpha value is -4.46. The zero-order chi connectivity index (χ0) is 27.1. The lowest BCUT2D eigenvalue weighted by molar-refractivity contribution is -0.753. The highest BCUT2D eigenvalue weighted by molar-refractivity contribution is 5.93. The maximum absolute atomic E-state index is 12.0. The Morgan fingerprint density at radius 3 is 2.24 bits per heavy atom. The van der Waals surface area contributed by atoms with Crippen molar-refractivity contribution >= 4 is 28.8 Å². The Bertz CT molecular complexity index is 1410. The second-order valence-electron chi connectivity index (χ2n) is 8.92. The van der Waals surface area contributed by atoms with Crippen molar-refractivity contribution in [1.29, 1.82) is 0 Å². The Morgan fingerprint density at radius 1 is 0.974 bits per heavy atom. The molecular formula is C30H35N6O2+. The van der Waals surface area contributed by atoms with Crippen LogP contribution in [0.4, 0.5) is 22.9 Å². The van der Waals surface area contributed by atoms with Gasteiger partial charge in [-0.3, -0.25) is 4.79 Å². The largest absolute Gasteiger partial charge is 0.494 e. The van der Waals surface area contributed by atoms with Gasteiger partial charge >= 0.3 is 5.82 Å². The summed E-state index contributed by atoms with van der Waals surface area (Å²) in [5, 5.41) is 12.2. The summed E-state index contributed by atoms with van der Waals surface area (Å²) in [4.78, 5) is 14.2. The lowest BCUT2D eigenvalue weighted by Crippen LogP contribution is -2.42. The lowest BCUT2D eigenvalue weighted by Gasteiger charge is -2.24. The van der Waals surface area contributed by atoms with Crippen LogP contribution in [0.25, 0.3) is 11.3 Å². The quantitative estimate of drug-likeness (QED) is 0.202. The highest BCUT2D eigenvalue weighted by Gasteiger charge is 2.22. The molecule has 0 aliphatic rings. The SMILES string of the molecule is CCN(CC)c1cc(NC(C)=O)c(N=Nc2cc(-c3ccccc3)n(C)[n+]2Cc2ccccc2)cc1OC. The van der Waals surface area contributed by atoms with Gasteiger partial charge in [0, 0.05) is 38.7 Å². The summed E-state index contributed by atoms with van der Waals surface area (Å²) >= 11 is 0. The van der Waals surface area contributed by atoms with E-state index in [4.69, 9.17) is 4.74 Å². The first-order valence-corrected chi connectivity index (χ1v) is 12.8. The van der Waals surface area contributed by atoms with Crippen LogP contribution in [0.15, 0.2) is 89.1 Å². The molecule has 196 valence electrons. The summed E-state index contributed by atoms with van der Waals surface area (Å²) in [6.07, 6.45) is 0. The number of anilines is 2. The molecule has 0 saturated carbocycles. The van der Waals surface area contributed by atoms with Gasteiger partial charge in [-0.15, -0.1) is 4.68 Å². The van der Waals surface area contributed by atoms with E-state index in [1.165, 1.54) is 6.92 Å². The van der Waals surface area contributed by atoms with Crippen molar-refractivity contribution in [2.24, 2.45) is 17.3 Å². The number of carbonyl (C=O) groups is 1. The van der Waals surface area contributed by atoms with Gasteiger partial charge in [0.2, 0.25) is 5.91 Å². The molecule has 3 aromatic carbocycles. The van der Waals surface area contributed by atoms with Crippen LogP contribution in [0.3, 0.4) is 0 Å². The molecule has 0 bridgehead atoms. The van der Waals surface area contributed by atoms with Gasteiger partial charge in [0.1, 0.15) is 18.0 Å². The molecule has 0 spiro atoms. The Labute approximate surface area is 224 Å². The second-order valence-corrected chi connectivity index (χ2v) is 8.92. The van der Waals surface area contributed by atoms with E-state index in [0.717, 1.165) is 35.6 Å². The third-order valence-corrected chi connectivity index (χ3v) is 6.46. The van der Waals surface area contributed by atoms with Crippen LogP contribution in [0, 0.1) is 0 Å². The standard InChI is InChI=1S/C30H34N6O2/c1-6-35(7-2)28-18-25(31-22(3)37)26(19-29(28)38-5)32-33-30-20-27(24-16-12-9-13-17-24)34(4)36(30)21-23-14-10-8-11-15-23/h8-20H,6-7,21H2,1-5H3/p+1. The van der Waals surface area contributed by atoms with Crippen molar-refractivity contribution in [3.8, 4) is 17.0 Å². The van der Waals surface area contributed by atoms with Gasteiger partial charge in [0.25, 0.3) is 0 Å². The average Bonchev–Trinajstić information content (AvgIpc) is 3.24. The molecule has 1 aromatic heterocycles. The average molecular weight is 512 g/mol. The van der Waals surface area contributed by atoms with Gasteiger partial charge < -0.3 is 15.0 Å². The normalized spacial score (nSPS) is 11.1. The molecule has 4 aromatic rings. The monoisotopic (exact) mass is 511 g/mol. The molecule has 0 aliphatic carbocycles. The smallest absolute Gasteiger partial charge is 0.371 e. The number of hydrogen-bond acceptors (Lipinski definition) is 5. The number of methoxy groups -OCH3 is 1. The van der Waals surface area contributed by atoms with E-state index in [0.29, 0.717) is 29.5 Å². The summed E-state index contributed by atoms with van der Waals surface area (Å²) in [5.74, 6) is 1.19. The molecule has 8 heteroatoms. The topological polar surface area (TPSA) is 75.1 Å². The van der Waals surface area contributed by atoms with Crippen LogP contribution >= 0.6 is 0 Å². The van der Waals surface area contributed by atoms with Crippen LogP contribution in [-0.4, -0.2) is 30.8 Å². The number of azo groups is 1. The number of carbonyl (C=O) groups excluding carboxylic acids is 1. The van der Waals surface area contributed by atoms with E-state index < -0.39 is 0 Å². The zero-order valence-electron chi connectivity index (χ0n) is 22.7. The van der Waals surface area contributed by atoms with E-state index in [1.807, 2.05) is 61.6 Å². The summed E-state index contributed by atoms with van der Waals surface area (Å²) in [7, 11) is 3.66. The number of ether oxygens (including phenoxy) is 1. The Morgan fingerprint density at radius 2 is 1.63 bits per heavy atom. The van der Waals surface area contributed by atoms with Crippen molar-refractivity contribution < 1.29 is 14.2 Å². The molecule has 0 atom stereocenters. The van der Waals surface area contributed by atoms with Crippen LogP contribution < -0.4 is 19.6 Å². The number of nitrogens with zero attached hydrogens (tertiary/aromatic N) is 5. The van der Waals surface area contributed by atoms with E-state index in [1.54, 1.807) is 7.11 Å². The molecule has 0 unspecified atom stereocenters. The predicted molar refractivity (Wildman–Crippen MR) is 152 cm³/mol. The van der Waals surface area contributed by atoms with Crippen LogP contribution in [0.2, 0.25) is 0 Å². The van der Waals surface area contributed by atoms with Gasteiger partial charge in [-0.05, 0) is 30.6 Å². The van der Waals surface area contributed by atoms with Crippen molar-refractivity contribution in [2.45, 2.75) is 27.3 Å². The first-order chi connectivity index (χ1) is 18.4. The van der Waals surface area contributed by atoms with E-state index in [-0.39, 0.29) is 5.91 Å². The first-order valence-electron chi connectivity index (χ1n) is 12.8. The molecule has 0 saturated heterocycles. The third-order valence-electron chi connectivity index (χ3n) is 6.46. The minimum absolute atomic E-state index is 0.178. The number of aromatic nitrogens is 2. The van der Waals surface area contributed by atoms with Gasteiger partial charge in [-0.1, -0.05) is 60.7 Å². The fourth-order valence-corrected chi connectivity index (χ4v) is 4.49.